The molecule has 2 aromatic rings. The molecule has 0 amide bonds. The monoisotopic (exact) mass is 246 g/mol. The van der Waals surface area contributed by atoms with Crippen LogP contribution in [0.3, 0.4) is 0 Å². The quantitative estimate of drug-likeness (QED) is 0.842. The van der Waals surface area contributed by atoms with E-state index in [4.69, 9.17) is 4.74 Å². The summed E-state index contributed by atoms with van der Waals surface area (Å²) in [5.74, 6) is -0.158. The number of ether oxygens (including phenoxy) is 1. The predicted octanol–water partition coefficient (Wildman–Crippen LogP) is 1.45. The number of methoxy groups -OCH3 is 1. The van der Waals surface area contributed by atoms with Gasteiger partial charge in [-0.15, -0.1) is 0 Å². The Morgan fingerprint density at radius 1 is 1.50 bits per heavy atom. The maximum Gasteiger partial charge on any atom is 0.338 e. The Kier molecular flexibility index (Phi) is 2.48. The van der Waals surface area contributed by atoms with Crippen LogP contribution in [-0.4, -0.2) is 29.3 Å². The number of aromatic carboxylic acids is 1. The van der Waals surface area contributed by atoms with Crippen molar-refractivity contribution in [3.05, 3.63) is 29.5 Å². The number of hydrogen-bond donors (Lipinski definition) is 2. The van der Waals surface area contributed by atoms with Gasteiger partial charge in [0.15, 0.2) is 0 Å². The van der Waals surface area contributed by atoms with Gasteiger partial charge in [0.2, 0.25) is 0 Å². The fraction of sp³-hybridized carbons (Fsp3) is 0.308. The number of aromatic nitrogens is 1. The van der Waals surface area contributed by atoms with Gasteiger partial charge < -0.3 is 19.7 Å². The van der Waals surface area contributed by atoms with E-state index < -0.39 is 5.97 Å². The molecular formula is C13H14N2O3. The molecule has 18 heavy (non-hydrogen) atoms. The van der Waals surface area contributed by atoms with Crippen molar-refractivity contribution >= 4 is 16.9 Å². The first-order valence-electron chi connectivity index (χ1n) is 5.86. The van der Waals surface area contributed by atoms with Crippen LogP contribution in [0.1, 0.15) is 16.1 Å². The SMILES string of the molecule is COc1cccc2c(C(=O)O)c3n(c12)CCNC3. The third-order valence-corrected chi connectivity index (χ3v) is 3.39. The summed E-state index contributed by atoms with van der Waals surface area (Å²) >= 11 is 0. The second-order valence-corrected chi connectivity index (χ2v) is 4.31. The van der Waals surface area contributed by atoms with Gasteiger partial charge in [-0.3, -0.25) is 0 Å². The fourth-order valence-electron chi connectivity index (χ4n) is 2.66. The molecule has 0 radical (unpaired) electrons. The highest BCUT2D eigenvalue weighted by atomic mass is 16.5. The summed E-state index contributed by atoms with van der Waals surface area (Å²) in [5, 5.41) is 13.4. The molecule has 94 valence electrons. The van der Waals surface area contributed by atoms with E-state index >= 15 is 0 Å². The Morgan fingerprint density at radius 2 is 2.33 bits per heavy atom. The topological polar surface area (TPSA) is 63.5 Å². The molecule has 5 heteroatoms. The summed E-state index contributed by atoms with van der Waals surface area (Å²) in [6.07, 6.45) is 0. The van der Waals surface area contributed by atoms with Gasteiger partial charge in [-0.05, 0) is 6.07 Å². The lowest BCUT2D eigenvalue weighted by Gasteiger charge is -2.18. The van der Waals surface area contributed by atoms with Crippen LogP contribution in [0.25, 0.3) is 10.9 Å². The van der Waals surface area contributed by atoms with Crippen molar-refractivity contribution in [1.82, 2.24) is 9.88 Å². The zero-order valence-corrected chi connectivity index (χ0v) is 10.1. The number of carboxylic acid groups (broad SMARTS) is 1. The summed E-state index contributed by atoms with van der Waals surface area (Å²) in [4.78, 5) is 11.5. The number of fused-ring (bicyclic) bond motifs is 3. The lowest BCUT2D eigenvalue weighted by molar-refractivity contribution is 0.0697. The van der Waals surface area contributed by atoms with E-state index in [0.29, 0.717) is 12.1 Å². The van der Waals surface area contributed by atoms with Crippen LogP contribution in [0.2, 0.25) is 0 Å². The maximum atomic E-state index is 11.5. The molecule has 0 fully saturated rings. The molecule has 0 aliphatic carbocycles. The van der Waals surface area contributed by atoms with E-state index in [1.54, 1.807) is 7.11 Å². The van der Waals surface area contributed by atoms with E-state index in [-0.39, 0.29) is 0 Å². The third-order valence-electron chi connectivity index (χ3n) is 3.39. The molecule has 5 nitrogen and oxygen atoms in total. The molecule has 1 aromatic carbocycles. The van der Waals surface area contributed by atoms with Crippen molar-refractivity contribution in [3.63, 3.8) is 0 Å². The second-order valence-electron chi connectivity index (χ2n) is 4.31. The molecule has 1 aliphatic rings. The van der Waals surface area contributed by atoms with Crippen molar-refractivity contribution in [2.24, 2.45) is 0 Å². The van der Waals surface area contributed by atoms with Crippen LogP contribution in [-0.2, 0) is 13.1 Å². The van der Waals surface area contributed by atoms with Crippen molar-refractivity contribution < 1.29 is 14.6 Å². The van der Waals surface area contributed by atoms with Gasteiger partial charge in [-0.2, -0.15) is 0 Å². The van der Waals surface area contributed by atoms with Gasteiger partial charge in [-0.25, -0.2) is 4.79 Å². The molecule has 0 saturated carbocycles. The number of hydrogen-bond acceptors (Lipinski definition) is 3. The number of carboxylic acids is 1. The van der Waals surface area contributed by atoms with Crippen molar-refractivity contribution in [1.29, 1.82) is 0 Å². The van der Waals surface area contributed by atoms with Gasteiger partial charge in [0.1, 0.15) is 5.75 Å². The molecule has 0 bridgehead atoms. The summed E-state index contributed by atoms with van der Waals surface area (Å²) in [5.41, 5.74) is 2.10. The lowest BCUT2D eigenvalue weighted by atomic mass is 10.1. The van der Waals surface area contributed by atoms with Crippen molar-refractivity contribution in [2.75, 3.05) is 13.7 Å². The van der Waals surface area contributed by atoms with Crippen molar-refractivity contribution in [3.8, 4) is 5.75 Å². The summed E-state index contributed by atoms with van der Waals surface area (Å²) in [6, 6.07) is 5.53. The van der Waals surface area contributed by atoms with Crippen LogP contribution < -0.4 is 10.1 Å². The third kappa shape index (κ3) is 1.41. The van der Waals surface area contributed by atoms with Crippen LogP contribution in [0, 0.1) is 0 Å². The van der Waals surface area contributed by atoms with E-state index in [1.807, 2.05) is 22.8 Å². The summed E-state index contributed by atoms with van der Waals surface area (Å²) < 4.78 is 7.40. The Hall–Kier alpha value is -2.01. The maximum absolute atomic E-state index is 11.5. The minimum Gasteiger partial charge on any atom is -0.495 e. The second kappa shape index (κ2) is 4.03. The van der Waals surface area contributed by atoms with Crippen LogP contribution in [0.15, 0.2) is 18.2 Å². The largest absolute Gasteiger partial charge is 0.495 e. The smallest absolute Gasteiger partial charge is 0.338 e. The molecule has 3 rings (SSSR count). The number of nitrogens with zero attached hydrogens (tertiary/aromatic N) is 1. The zero-order chi connectivity index (χ0) is 12.7. The van der Waals surface area contributed by atoms with Gasteiger partial charge in [-0.1, -0.05) is 12.1 Å². The van der Waals surface area contributed by atoms with Gasteiger partial charge in [0, 0.05) is 30.7 Å². The van der Waals surface area contributed by atoms with Gasteiger partial charge >= 0.3 is 5.97 Å². The number of carbonyl (C=O) groups is 1. The molecular weight excluding hydrogens is 232 g/mol. The number of benzene rings is 1. The number of para-hydroxylation sites is 1. The van der Waals surface area contributed by atoms with Gasteiger partial charge in [0.05, 0.1) is 18.2 Å². The molecule has 0 spiro atoms. The Bertz CT molecular complexity index is 631. The van der Waals surface area contributed by atoms with E-state index in [0.717, 1.165) is 35.4 Å². The summed E-state index contributed by atoms with van der Waals surface area (Å²) in [6.45, 7) is 2.19. The first kappa shape index (κ1) is 11.1. The predicted molar refractivity (Wildman–Crippen MR) is 67.2 cm³/mol. The minimum atomic E-state index is -0.884. The normalized spacial score (nSPS) is 14.5. The van der Waals surface area contributed by atoms with Crippen LogP contribution in [0.4, 0.5) is 0 Å². The number of nitrogens with one attached hydrogen (secondary N) is 1. The average molecular weight is 246 g/mol. The van der Waals surface area contributed by atoms with E-state index in [1.165, 1.54) is 0 Å². The average Bonchev–Trinajstić information content (AvgIpc) is 2.73. The molecule has 0 atom stereocenters. The molecule has 1 aliphatic heterocycles. The highest BCUT2D eigenvalue weighted by Gasteiger charge is 2.25. The first-order chi connectivity index (χ1) is 8.74. The Balaban J connectivity index is 2.43. The van der Waals surface area contributed by atoms with E-state index in [9.17, 15) is 9.90 Å². The molecule has 0 unspecified atom stereocenters. The highest BCUT2D eigenvalue weighted by molar-refractivity contribution is 6.06. The fourth-order valence-corrected chi connectivity index (χ4v) is 2.66. The first-order valence-corrected chi connectivity index (χ1v) is 5.86. The Morgan fingerprint density at radius 3 is 3.06 bits per heavy atom. The lowest BCUT2D eigenvalue weighted by Crippen LogP contribution is -2.28. The summed E-state index contributed by atoms with van der Waals surface area (Å²) in [7, 11) is 1.61. The standard InChI is InChI=1S/C13H14N2O3/c1-18-10-4-2-3-8-11(13(16)17)9-7-14-5-6-15(9)12(8)10/h2-4,14H,5-7H2,1H3,(H,16,17). The van der Waals surface area contributed by atoms with Crippen LogP contribution in [0.5, 0.6) is 5.75 Å². The highest BCUT2D eigenvalue weighted by Crippen LogP contribution is 2.33. The molecule has 2 heterocycles. The molecule has 2 N–H and O–H groups in total. The number of rotatable bonds is 2. The van der Waals surface area contributed by atoms with Crippen LogP contribution >= 0.6 is 0 Å². The Labute approximate surface area is 104 Å². The zero-order valence-electron chi connectivity index (χ0n) is 10.1. The van der Waals surface area contributed by atoms with Gasteiger partial charge in [0.25, 0.3) is 0 Å². The van der Waals surface area contributed by atoms with Crippen molar-refractivity contribution in [2.45, 2.75) is 13.1 Å². The van der Waals surface area contributed by atoms with E-state index in [2.05, 4.69) is 5.32 Å². The minimum absolute atomic E-state index is 0.385. The molecule has 0 saturated heterocycles. The molecule has 1 aromatic heterocycles.